The van der Waals surface area contributed by atoms with Crippen LogP contribution in [0.3, 0.4) is 0 Å². The summed E-state index contributed by atoms with van der Waals surface area (Å²) in [6, 6.07) is 8.90. The number of rotatable bonds is 2. The van der Waals surface area contributed by atoms with E-state index in [-0.39, 0.29) is 12.6 Å². The van der Waals surface area contributed by atoms with Crippen molar-refractivity contribution < 1.29 is 9.90 Å². The highest BCUT2D eigenvalue weighted by atomic mass is 16.3. The lowest BCUT2D eigenvalue weighted by atomic mass is 10.3. The van der Waals surface area contributed by atoms with Crippen molar-refractivity contribution in [2.45, 2.75) is 6.23 Å². The molecule has 74 valence electrons. The van der Waals surface area contributed by atoms with Crippen LogP contribution in [0, 0.1) is 0 Å². The Morgan fingerprint density at radius 3 is 2.71 bits per heavy atom. The fourth-order valence-corrected chi connectivity index (χ4v) is 1.27. The molecular weight excluding hydrogens is 182 g/mol. The topological polar surface area (TPSA) is 64.6 Å². The minimum atomic E-state index is -0.817. The van der Waals surface area contributed by atoms with Gasteiger partial charge in [-0.15, -0.1) is 0 Å². The summed E-state index contributed by atoms with van der Waals surface area (Å²) in [7, 11) is 0. The highest BCUT2D eigenvalue weighted by molar-refractivity contribution is 5.78. The highest BCUT2D eigenvalue weighted by Gasteiger charge is 2.28. The van der Waals surface area contributed by atoms with Crippen LogP contribution < -0.4 is 10.7 Å². The van der Waals surface area contributed by atoms with Crippen molar-refractivity contribution in [2.24, 2.45) is 0 Å². The Kier molecular flexibility index (Phi) is 2.24. The largest absolute Gasteiger partial charge is 0.370 e. The van der Waals surface area contributed by atoms with E-state index in [9.17, 15) is 9.90 Å². The SMILES string of the molecule is O=C1NCC(O)N1Nc1ccccc1. The smallest absolute Gasteiger partial charge is 0.338 e. The van der Waals surface area contributed by atoms with Gasteiger partial charge in [-0.05, 0) is 12.1 Å². The number of nitrogens with one attached hydrogen (secondary N) is 2. The molecule has 1 heterocycles. The fourth-order valence-electron chi connectivity index (χ4n) is 1.27. The van der Waals surface area contributed by atoms with Gasteiger partial charge in [0.25, 0.3) is 0 Å². The Labute approximate surface area is 81.3 Å². The van der Waals surface area contributed by atoms with Crippen LogP contribution in [0.15, 0.2) is 30.3 Å². The first-order valence-electron chi connectivity index (χ1n) is 4.34. The van der Waals surface area contributed by atoms with Crippen LogP contribution in [0.25, 0.3) is 0 Å². The maximum atomic E-state index is 11.2. The van der Waals surface area contributed by atoms with Crippen molar-refractivity contribution in [1.29, 1.82) is 0 Å². The molecule has 1 saturated heterocycles. The monoisotopic (exact) mass is 193 g/mol. The molecule has 0 saturated carbocycles. The molecule has 1 aliphatic rings. The molecule has 5 nitrogen and oxygen atoms in total. The summed E-state index contributed by atoms with van der Waals surface area (Å²) in [5, 5.41) is 13.1. The molecular formula is C9H11N3O2. The van der Waals surface area contributed by atoms with Gasteiger partial charge in [0.1, 0.15) is 0 Å². The lowest BCUT2D eigenvalue weighted by Gasteiger charge is -2.20. The second-order valence-corrected chi connectivity index (χ2v) is 3.01. The molecule has 3 N–H and O–H groups in total. The zero-order valence-electron chi connectivity index (χ0n) is 7.47. The summed E-state index contributed by atoms with van der Waals surface area (Å²) in [5.41, 5.74) is 3.58. The number of aliphatic hydroxyl groups excluding tert-OH is 1. The molecule has 0 aromatic heterocycles. The second-order valence-electron chi connectivity index (χ2n) is 3.01. The zero-order chi connectivity index (χ0) is 9.97. The van der Waals surface area contributed by atoms with Crippen molar-refractivity contribution in [3.05, 3.63) is 30.3 Å². The number of hydrazine groups is 1. The molecule has 1 unspecified atom stereocenters. The van der Waals surface area contributed by atoms with Crippen molar-refractivity contribution in [2.75, 3.05) is 12.0 Å². The number of anilines is 1. The Balaban J connectivity index is 2.07. The van der Waals surface area contributed by atoms with Crippen LogP contribution in [0.5, 0.6) is 0 Å². The van der Waals surface area contributed by atoms with E-state index in [0.717, 1.165) is 10.7 Å². The summed E-state index contributed by atoms with van der Waals surface area (Å²) in [6.45, 7) is 0.249. The van der Waals surface area contributed by atoms with Crippen LogP contribution in [-0.4, -0.2) is 28.9 Å². The number of β-amino-alcohol motifs (C(OH)–C–C–N with tert-alkyl or cyclic N) is 1. The molecule has 1 aliphatic heterocycles. The minimum absolute atomic E-state index is 0.249. The maximum Gasteiger partial charge on any atom is 0.338 e. The van der Waals surface area contributed by atoms with E-state index in [0.29, 0.717) is 0 Å². The number of para-hydroxylation sites is 1. The van der Waals surface area contributed by atoms with E-state index < -0.39 is 6.23 Å². The van der Waals surface area contributed by atoms with Crippen molar-refractivity contribution in [1.82, 2.24) is 10.3 Å². The highest BCUT2D eigenvalue weighted by Crippen LogP contribution is 2.10. The first-order valence-corrected chi connectivity index (χ1v) is 4.34. The van der Waals surface area contributed by atoms with E-state index in [4.69, 9.17) is 0 Å². The van der Waals surface area contributed by atoms with Gasteiger partial charge in [-0.2, -0.15) is 0 Å². The summed E-state index contributed by atoms with van der Waals surface area (Å²) in [4.78, 5) is 11.2. The van der Waals surface area contributed by atoms with Gasteiger partial charge in [0.05, 0.1) is 12.2 Å². The van der Waals surface area contributed by atoms with Gasteiger partial charge in [0.2, 0.25) is 0 Å². The molecule has 1 aromatic rings. The van der Waals surface area contributed by atoms with Gasteiger partial charge in [0.15, 0.2) is 6.23 Å². The average Bonchev–Trinajstić information content (AvgIpc) is 2.51. The first kappa shape index (κ1) is 8.83. The quantitative estimate of drug-likeness (QED) is 0.635. The number of nitrogens with zero attached hydrogens (tertiary/aromatic N) is 1. The van der Waals surface area contributed by atoms with Crippen LogP contribution in [0.1, 0.15) is 0 Å². The number of amides is 2. The molecule has 2 rings (SSSR count). The zero-order valence-corrected chi connectivity index (χ0v) is 7.47. The molecule has 0 bridgehead atoms. The van der Waals surface area contributed by atoms with Crippen LogP contribution >= 0.6 is 0 Å². The first-order chi connectivity index (χ1) is 6.77. The summed E-state index contributed by atoms with van der Waals surface area (Å²) >= 11 is 0. The standard InChI is InChI=1S/C9H11N3O2/c13-8-6-10-9(14)12(8)11-7-4-2-1-3-5-7/h1-5,8,11,13H,6H2,(H,10,14). The normalized spacial score (nSPS) is 20.8. The molecule has 1 fully saturated rings. The fraction of sp³-hybridized carbons (Fsp3) is 0.222. The Bertz CT molecular complexity index is 328. The van der Waals surface area contributed by atoms with Gasteiger partial charge in [-0.25, -0.2) is 9.80 Å². The number of carbonyl (C=O) groups excluding carboxylic acids is 1. The number of carbonyl (C=O) groups is 1. The molecule has 0 aliphatic carbocycles. The second kappa shape index (κ2) is 3.55. The summed E-state index contributed by atoms with van der Waals surface area (Å²) in [6.07, 6.45) is -0.817. The summed E-state index contributed by atoms with van der Waals surface area (Å²) < 4.78 is 0. The number of hydrogen-bond acceptors (Lipinski definition) is 3. The van der Waals surface area contributed by atoms with Gasteiger partial charge < -0.3 is 10.4 Å². The van der Waals surface area contributed by atoms with Crippen molar-refractivity contribution in [3.8, 4) is 0 Å². The summed E-state index contributed by atoms with van der Waals surface area (Å²) in [5.74, 6) is 0. The third-order valence-corrected chi connectivity index (χ3v) is 1.98. The molecule has 5 heteroatoms. The van der Waals surface area contributed by atoms with Crippen LogP contribution in [0.2, 0.25) is 0 Å². The van der Waals surface area contributed by atoms with Gasteiger partial charge in [-0.1, -0.05) is 18.2 Å². The maximum absolute atomic E-state index is 11.2. The molecule has 0 spiro atoms. The lowest BCUT2D eigenvalue weighted by molar-refractivity contribution is 0.0807. The van der Waals surface area contributed by atoms with Gasteiger partial charge in [0, 0.05) is 0 Å². The molecule has 0 radical (unpaired) electrons. The third kappa shape index (κ3) is 1.62. The molecule has 14 heavy (non-hydrogen) atoms. The number of urea groups is 1. The molecule has 2 amide bonds. The van der Waals surface area contributed by atoms with Gasteiger partial charge in [-0.3, -0.25) is 5.43 Å². The minimum Gasteiger partial charge on any atom is -0.370 e. The van der Waals surface area contributed by atoms with Gasteiger partial charge >= 0.3 is 6.03 Å². The third-order valence-electron chi connectivity index (χ3n) is 1.98. The number of benzene rings is 1. The predicted octanol–water partition coefficient (Wildman–Crippen LogP) is 0.357. The Morgan fingerprint density at radius 1 is 1.43 bits per heavy atom. The van der Waals surface area contributed by atoms with Crippen LogP contribution in [-0.2, 0) is 0 Å². The van der Waals surface area contributed by atoms with E-state index in [1.807, 2.05) is 30.3 Å². The Hall–Kier alpha value is -1.75. The number of hydrogen-bond donors (Lipinski definition) is 3. The van der Waals surface area contributed by atoms with Crippen molar-refractivity contribution in [3.63, 3.8) is 0 Å². The van der Waals surface area contributed by atoms with E-state index in [2.05, 4.69) is 10.7 Å². The lowest BCUT2D eigenvalue weighted by Crippen LogP contribution is -2.38. The van der Waals surface area contributed by atoms with E-state index in [1.165, 1.54) is 0 Å². The van der Waals surface area contributed by atoms with Crippen molar-refractivity contribution >= 4 is 11.7 Å². The molecule has 1 atom stereocenters. The average molecular weight is 193 g/mol. The molecule has 1 aromatic carbocycles. The van der Waals surface area contributed by atoms with Crippen LogP contribution in [0.4, 0.5) is 10.5 Å². The van der Waals surface area contributed by atoms with E-state index in [1.54, 1.807) is 0 Å². The Morgan fingerprint density at radius 2 is 2.14 bits per heavy atom. The van der Waals surface area contributed by atoms with E-state index >= 15 is 0 Å². The predicted molar refractivity (Wildman–Crippen MR) is 51.3 cm³/mol. The number of aliphatic hydroxyl groups is 1.